The van der Waals surface area contributed by atoms with Crippen molar-refractivity contribution in [1.29, 1.82) is 0 Å². The van der Waals surface area contributed by atoms with Crippen molar-refractivity contribution in [2.75, 3.05) is 39.8 Å². The van der Waals surface area contributed by atoms with Gasteiger partial charge in [0, 0.05) is 26.2 Å². The van der Waals surface area contributed by atoms with Gasteiger partial charge in [-0.2, -0.15) is 0 Å². The van der Waals surface area contributed by atoms with Crippen molar-refractivity contribution < 1.29 is 27.9 Å². The zero-order valence-corrected chi connectivity index (χ0v) is 25.9. The number of aryl methyl sites for hydroxylation is 1. The minimum absolute atomic E-state index is 0.0821. The number of likely N-dealkylation sites (N-methyl/N-ethyl adjacent to an activating group) is 2. The van der Waals surface area contributed by atoms with Crippen molar-refractivity contribution in [3.8, 4) is 5.75 Å². The standard InChI is InChI=1S/C24H39FN4O4.C8H9F/c1-6-17(7-2)23(24(32)29(5)16-22(31)28-15-21(30)26-9-4)27-12-13-33-20-14-19(25)11-10-18(20)8-3;1-7-3-2-4-8(9)6-5-7/h10-11,14,17,23,27H,6-9,12-13,15-16H2,1-5H3,(H,26,30)(H,28,31);2,4-6H,3H2,1H3. The van der Waals surface area contributed by atoms with Crippen LogP contribution in [0.4, 0.5) is 8.78 Å². The van der Waals surface area contributed by atoms with E-state index in [1.807, 2.05) is 33.8 Å². The van der Waals surface area contributed by atoms with E-state index in [-0.39, 0.29) is 49.1 Å². The number of allylic oxidation sites excluding steroid dienone is 6. The Kier molecular flexibility index (Phi) is 17.7. The fourth-order valence-corrected chi connectivity index (χ4v) is 4.27. The van der Waals surface area contributed by atoms with E-state index in [9.17, 15) is 23.2 Å². The maximum atomic E-state index is 13.6. The van der Waals surface area contributed by atoms with Crippen LogP contribution >= 0.6 is 0 Å². The number of amides is 3. The Morgan fingerprint density at radius 2 is 1.74 bits per heavy atom. The fourth-order valence-electron chi connectivity index (χ4n) is 4.27. The highest BCUT2D eigenvalue weighted by Crippen LogP contribution is 2.20. The first kappa shape index (κ1) is 36.5. The summed E-state index contributed by atoms with van der Waals surface area (Å²) in [7, 11) is 1.57. The number of benzene rings is 1. The third kappa shape index (κ3) is 13.9. The largest absolute Gasteiger partial charge is 0.492 e. The van der Waals surface area contributed by atoms with Gasteiger partial charge >= 0.3 is 0 Å². The lowest BCUT2D eigenvalue weighted by atomic mass is 9.93. The Morgan fingerprint density at radius 3 is 2.38 bits per heavy atom. The van der Waals surface area contributed by atoms with E-state index in [0.717, 1.165) is 31.2 Å². The predicted molar refractivity (Wildman–Crippen MR) is 163 cm³/mol. The third-order valence-corrected chi connectivity index (χ3v) is 6.74. The van der Waals surface area contributed by atoms with Crippen molar-refractivity contribution >= 4 is 17.7 Å². The number of ether oxygens (including phenoxy) is 1. The topological polar surface area (TPSA) is 99.8 Å². The van der Waals surface area contributed by atoms with Gasteiger partial charge in [0.05, 0.1) is 19.1 Å². The first-order valence-corrected chi connectivity index (χ1v) is 14.7. The van der Waals surface area contributed by atoms with E-state index in [4.69, 9.17) is 4.74 Å². The summed E-state index contributed by atoms with van der Waals surface area (Å²) < 4.78 is 31.7. The zero-order chi connectivity index (χ0) is 31.5. The summed E-state index contributed by atoms with van der Waals surface area (Å²) in [5, 5.41) is 8.38. The van der Waals surface area contributed by atoms with Crippen LogP contribution in [0.1, 0.15) is 59.4 Å². The maximum absolute atomic E-state index is 13.6. The molecule has 0 spiro atoms. The number of halogens is 2. The van der Waals surface area contributed by atoms with Gasteiger partial charge in [0.25, 0.3) is 0 Å². The molecule has 1 aliphatic rings. The average molecular weight is 591 g/mol. The molecular formula is C32H48F2N4O4. The SMILES string of the molecule is CC1=CC=C(F)C=CC1.CCNC(=O)CNC(=O)CN(C)C(=O)C(NCCOc1cc(F)ccc1CC)C(CC)CC. The number of rotatable bonds is 15. The molecule has 0 fully saturated rings. The molecule has 0 bridgehead atoms. The molecule has 8 nitrogen and oxygen atoms in total. The molecule has 0 saturated carbocycles. The summed E-state index contributed by atoms with van der Waals surface area (Å²) >= 11 is 0. The van der Waals surface area contributed by atoms with Crippen LogP contribution < -0.4 is 20.7 Å². The van der Waals surface area contributed by atoms with E-state index in [0.29, 0.717) is 18.8 Å². The van der Waals surface area contributed by atoms with Crippen LogP contribution in [-0.2, 0) is 20.8 Å². The van der Waals surface area contributed by atoms with Crippen molar-refractivity contribution in [3.63, 3.8) is 0 Å². The van der Waals surface area contributed by atoms with Gasteiger partial charge in [-0.05, 0) is 56.4 Å². The quantitative estimate of drug-likeness (QED) is 0.259. The van der Waals surface area contributed by atoms with Crippen LogP contribution in [0.15, 0.2) is 53.9 Å². The molecule has 3 amide bonds. The van der Waals surface area contributed by atoms with Crippen molar-refractivity contribution in [3.05, 3.63) is 65.3 Å². The van der Waals surface area contributed by atoms with Gasteiger partial charge in [0.2, 0.25) is 17.7 Å². The first-order chi connectivity index (χ1) is 20.1. The van der Waals surface area contributed by atoms with E-state index < -0.39 is 11.9 Å². The van der Waals surface area contributed by atoms with Gasteiger partial charge in [-0.1, -0.05) is 57.4 Å². The molecule has 1 unspecified atom stereocenters. The van der Waals surface area contributed by atoms with E-state index in [2.05, 4.69) is 16.0 Å². The molecule has 0 aromatic heterocycles. The number of nitrogens with one attached hydrogen (secondary N) is 3. The molecule has 3 N–H and O–H groups in total. The Hall–Kier alpha value is -3.53. The molecule has 2 rings (SSSR count). The molecule has 0 saturated heterocycles. The molecule has 0 radical (unpaired) electrons. The van der Waals surface area contributed by atoms with Crippen LogP contribution in [-0.4, -0.2) is 68.5 Å². The first-order valence-electron chi connectivity index (χ1n) is 14.7. The summed E-state index contributed by atoms with van der Waals surface area (Å²) in [4.78, 5) is 38.1. The maximum Gasteiger partial charge on any atom is 0.240 e. The number of hydrogen-bond donors (Lipinski definition) is 3. The van der Waals surface area contributed by atoms with Gasteiger partial charge in [-0.3, -0.25) is 14.4 Å². The average Bonchev–Trinajstić information content (AvgIpc) is 3.16. The molecular weight excluding hydrogens is 542 g/mol. The van der Waals surface area contributed by atoms with Crippen molar-refractivity contribution in [1.82, 2.24) is 20.9 Å². The third-order valence-electron chi connectivity index (χ3n) is 6.74. The fraction of sp³-hybridized carbons (Fsp3) is 0.531. The van der Waals surface area contributed by atoms with Gasteiger partial charge < -0.3 is 25.6 Å². The molecule has 1 atom stereocenters. The minimum atomic E-state index is -0.483. The summed E-state index contributed by atoms with van der Waals surface area (Å²) in [5.41, 5.74) is 2.11. The monoisotopic (exact) mass is 590 g/mol. The molecule has 1 aromatic rings. The lowest BCUT2D eigenvalue weighted by molar-refractivity contribution is -0.137. The summed E-state index contributed by atoms with van der Waals surface area (Å²) in [6, 6.07) is 4.01. The lowest BCUT2D eigenvalue weighted by Gasteiger charge is -2.29. The van der Waals surface area contributed by atoms with E-state index >= 15 is 0 Å². The Labute approximate surface area is 249 Å². The summed E-state index contributed by atoms with van der Waals surface area (Å²) in [5.74, 6) is -0.803. The Bertz CT molecular complexity index is 1100. The highest BCUT2D eigenvalue weighted by atomic mass is 19.1. The van der Waals surface area contributed by atoms with Crippen molar-refractivity contribution in [2.24, 2.45) is 5.92 Å². The lowest BCUT2D eigenvalue weighted by Crippen LogP contribution is -2.52. The number of carbonyl (C=O) groups excluding carboxylic acids is 3. The molecule has 0 aliphatic heterocycles. The minimum Gasteiger partial charge on any atom is -0.492 e. The van der Waals surface area contributed by atoms with Crippen LogP contribution in [0.3, 0.4) is 0 Å². The molecule has 1 aliphatic carbocycles. The Morgan fingerprint density at radius 1 is 1.02 bits per heavy atom. The second-order valence-corrected chi connectivity index (χ2v) is 10.1. The number of carbonyl (C=O) groups is 3. The molecule has 0 heterocycles. The molecule has 1 aromatic carbocycles. The van der Waals surface area contributed by atoms with Gasteiger partial charge in [-0.15, -0.1) is 0 Å². The smallest absolute Gasteiger partial charge is 0.240 e. The molecule has 10 heteroatoms. The van der Waals surface area contributed by atoms with Crippen LogP contribution in [0.25, 0.3) is 0 Å². The normalized spacial score (nSPS) is 13.2. The number of hydrogen-bond acceptors (Lipinski definition) is 5. The second kappa shape index (κ2) is 20.4. The highest BCUT2D eigenvalue weighted by molar-refractivity contribution is 5.89. The van der Waals surface area contributed by atoms with Crippen LogP contribution in [0, 0.1) is 11.7 Å². The summed E-state index contributed by atoms with van der Waals surface area (Å²) in [6.07, 6.45) is 9.78. The zero-order valence-electron chi connectivity index (χ0n) is 25.9. The predicted octanol–water partition coefficient (Wildman–Crippen LogP) is 4.62. The van der Waals surface area contributed by atoms with E-state index in [1.54, 1.807) is 26.1 Å². The second-order valence-electron chi connectivity index (χ2n) is 10.1. The molecule has 42 heavy (non-hydrogen) atoms. The van der Waals surface area contributed by atoms with Crippen molar-refractivity contribution in [2.45, 2.75) is 66.3 Å². The van der Waals surface area contributed by atoms with Gasteiger partial charge in [0.1, 0.15) is 24.0 Å². The Balaban J connectivity index is 0.000000827. The van der Waals surface area contributed by atoms with E-state index in [1.165, 1.54) is 34.8 Å². The molecule has 234 valence electrons. The number of nitrogens with zero attached hydrogens (tertiary/aromatic N) is 1. The highest BCUT2D eigenvalue weighted by Gasteiger charge is 2.29. The van der Waals surface area contributed by atoms with Crippen LogP contribution in [0.5, 0.6) is 5.75 Å². The summed E-state index contributed by atoms with van der Waals surface area (Å²) in [6.45, 7) is 10.7. The van der Waals surface area contributed by atoms with Crippen LogP contribution in [0.2, 0.25) is 0 Å². The van der Waals surface area contributed by atoms with Gasteiger partial charge in [0.15, 0.2) is 0 Å². The van der Waals surface area contributed by atoms with Gasteiger partial charge in [-0.25, -0.2) is 8.78 Å².